The summed E-state index contributed by atoms with van der Waals surface area (Å²) >= 11 is 0. The molecule has 5 heteroatoms. The maximum atomic E-state index is 13.5. The van der Waals surface area contributed by atoms with E-state index >= 15 is 0 Å². The molecule has 2 aromatic heterocycles. The fourth-order valence-corrected chi connectivity index (χ4v) is 1.44. The van der Waals surface area contributed by atoms with Crippen molar-refractivity contribution in [1.29, 1.82) is 0 Å². The van der Waals surface area contributed by atoms with Gasteiger partial charge in [-0.25, -0.2) is 14.4 Å². The molecule has 0 aromatic carbocycles. The van der Waals surface area contributed by atoms with Gasteiger partial charge in [0, 0.05) is 24.9 Å². The third-order valence-corrected chi connectivity index (χ3v) is 2.23. The molecule has 0 saturated carbocycles. The number of nitrogens with one attached hydrogen (secondary N) is 1. The largest absolute Gasteiger partial charge is 0.354 e. The number of pyridine rings is 1. The lowest BCUT2D eigenvalue weighted by atomic mass is 10.2. The lowest BCUT2D eigenvalue weighted by molar-refractivity contribution is 0.595. The summed E-state index contributed by atoms with van der Waals surface area (Å²) in [6.07, 6.45) is 3.23. The average molecular weight is 232 g/mol. The van der Waals surface area contributed by atoms with Crippen molar-refractivity contribution >= 4 is 5.95 Å². The first-order valence-electron chi connectivity index (χ1n) is 5.44. The highest BCUT2D eigenvalue weighted by Crippen LogP contribution is 2.10. The number of hydrogen-bond donors (Lipinski definition) is 1. The zero-order valence-electron chi connectivity index (χ0n) is 9.52. The van der Waals surface area contributed by atoms with E-state index in [1.807, 2.05) is 25.1 Å². The van der Waals surface area contributed by atoms with E-state index in [0.717, 1.165) is 5.69 Å². The molecule has 0 atom stereocenters. The Morgan fingerprint density at radius 2 is 2.18 bits per heavy atom. The highest BCUT2D eigenvalue weighted by molar-refractivity contribution is 5.27. The molecule has 0 aliphatic rings. The first kappa shape index (κ1) is 11.4. The molecule has 17 heavy (non-hydrogen) atoms. The molecule has 4 nitrogen and oxygen atoms in total. The van der Waals surface area contributed by atoms with Crippen molar-refractivity contribution in [1.82, 2.24) is 15.0 Å². The van der Waals surface area contributed by atoms with Crippen LogP contribution < -0.4 is 5.32 Å². The average Bonchev–Trinajstić information content (AvgIpc) is 2.35. The smallest absolute Gasteiger partial charge is 0.223 e. The number of aromatic nitrogens is 3. The normalized spacial score (nSPS) is 10.2. The molecule has 0 saturated heterocycles. The minimum atomic E-state index is -0.405. The molecule has 0 amide bonds. The monoisotopic (exact) mass is 232 g/mol. The maximum absolute atomic E-state index is 13.5. The van der Waals surface area contributed by atoms with E-state index in [1.165, 1.54) is 6.20 Å². The van der Waals surface area contributed by atoms with Gasteiger partial charge in [-0.05, 0) is 19.1 Å². The van der Waals surface area contributed by atoms with E-state index in [-0.39, 0.29) is 0 Å². The van der Waals surface area contributed by atoms with Gasteiger partial charge >= 0.3 is 0 Å². The van der Waals surface area contributed by atoms with Gasteiger partial charge in [0.05, 0.1) is 11.9 Å². The summed E-state index contributed by atoms with van der Waals surface area (Å²) in [6, 6.07) is 5.53. The Morgan fingerprint density at radius 1 is 1.29 bits per heavy atom. The van der Waals surface area contributed by atoms with E-state index < -0.39 is 5.82 Å². The van der Waals surface area contributed by atoms with Gasteiger partial charge in [0.15, 0.2) is 5.82 Å². The van der Waals surface area contributed by atoms with E-state index in [1.54, 1.807) is 6.20 Å². The van der Waals surface area contributed by atoms with Crippen LogP contribution in [0, 0.1) is 5.82 Å². The van der Waals surface area contributed by atoms with Crippen molar-refractivity contribution < 1.29 is 4.39 Å². The molecule has 0 fully saturated rings. The van der Waals surface area contributed by atoms with Crippen molar-refractivity contribution in [3.63, 3.8) is 0 Å². The first-order chi connectivity index (χ1) is 8.29. The van der Waals surface area contributed by atoms with Crippen LogP contribution in [0.2, 0.25) is 0 Å². The van der Waals surface area contributed by atoms with Crippen molar-refractivity contribution in [3.8, 4) is 0 Å². The first-order valence-corrected chi connectivity index (χ1v) is 5.44. The fourth-order valence-electron chi connectivity index (χ4n) is 1.44. The fraction of sp³-hybridized carbons (Fsp3) is 0.250. The van der Waals surface area contributed by atoms with Gasteiger partial charge < -0.3 is 5.32 Å². The predicted octanol–water partition coefficient (Wildman–Crippen LogP) is 2.03. The minimum absolute atomic E-state index is 0.356. The molecule has 2 heterocycles. The third kappa shape index (κ3) is 2.96. The zero-order valence-corrected chi connectivity index (χ0v) is 9.52. The molecular weight excluding hydrogens is 219 g/mol. The Hall–Kier alpha value is -2.04. The topological polar surface area (TPSA) is 50.7 Å². The Kier molecular flexibility index (Phi) is 3.59. The second-order valence-corrected chi connectivity index (χ2v) is 3.52. The molecular formula is C12H13FN4. The van der Waals surface area contributed by atoms with Crippen molar-refractivity contribution in [3.05, 3.63) is 47.8 Å². The molecule has 0 bridgehead atoms. The molecule has 0 aliphatic carbocycles. The van der Waals surface area contributed by atoms with Crippen LogP contribution >= 0.6 is 0 Å². The highest BCUT2D eigenvalue weighted by atomic mass is 19.1. The van der Waals surface area contributed by atoms with Crippen LogP contribution in [-0.2, 0) is 6.42 Å². The van der Waals surface area contributed by atoms with Crippen LogP contribution in [0.25, 0.3) is 0 Å². The predicted molar refractivity (Wildman–Crippen MR) is 63.2 cm³/mol. The van der Waals surface area contributed by atoms with Gasteiger partial charge in [0.1, 0.15) is 0 Å². The minimum Gasteiger partial charge on any atom is -0.354 e. The molecule has 2 aromatic rings. The summed E-state index contributed by atoms with van der Waals surface area (Å²) in [5.74, 6) is 0.0390. The Labute approximate surface area is 99.0 Å². The van der Waals surface area contributed by atoms with Crippen molar-refractivity contribution in [2.75, 3.05) is 11.9 Å². The standard InChI is InChI=1S/C12H13FN4/c1-2-14-12-16-8-10(13)11(17-12)7-9-5-3-4-6-15-9/h3-6,8H,2,7H2,1H3,(H,14,16,17). The molecule has 0 radical (unpaired) electrons. The number of halogens is 1. The summed E-state index contributed by atoms with van der Waals surface area (Å²) in [5.41, 5.74) is 1.14. The second-order valence-electron chi connectivity index (χ2n) is 3.52. The van der Waals surface area contributed by atoms with Gasteiger partial charge in [-0.1, -0.05) is 6.07 Å². The van der Waals surface area contributed by atoms with Crippen molar-refractivity contribution in [2.24, 2.45) is 0 Å². The molecule has 88 valence electrons. The van der Waals surface area contributed by atoms with Gasteiger partial charge in [0.25, 0.3) is 0 Å². The highest BCUT2D eigenvalue weighted by Gasteiger charge is 2.07. The molecule has 1 N–H and O–H groups in total. The SMILES string of the molecule is CCNc1ncc(F)c(Cc2ccccn2)n1. The Balaban J connectivity index is 2.22. The summed E-state index contributed by atoms with van der Waals surface area (Å²) in [5, 5.41) is 2.95. The third-order valence-electron chi connectivity index (χ3n) is 2.23. The van der Waals surface area contributed by atoms with Crippen LogP contribution in [0.3, 0.4) is 0 Å². The molecule has 0 unspecified atom stereocenters. The van der Waals surface area contributed by atoms with E-state index in [4.69, 9.17) is 0 Å². The maximum Gasteiger partial charge on any atom is 0.223 e. The van der Waals surface area contributed by atoms with Crippen LogP contribution in [0.4, 0.5) is 10.3 Å². The van der Waals surface area contributed by atoms with Crippen LogP contribution in [-0.4, -0.2) is 21.5 Å². The zero-order chi connectivity index (χ0) is 12.1. The summed E-state index contributed by atoms with van der Waals surface area (Å²) in [7, 11) is 0. The molecule has 0 aliphatic heterocycles. The van der Waals surface area contributed by atoms with Gasteiger partial charge in [-0.3, -0.25) is 4.98 Å². The van der Waals surface area contributed by atoms with Gasteiger partial charge in [0.2, 0.25) is 5.95 Å². The lowest BCUT2D eigenvalue weighted by Crippen LogP contribution is -2.06. The Bertz CT molecular complexity index is 487. The quantitative estimate of drug-likeness (QED) is 0.876. The van der Waals surface area contributed by atoms with Gasteiger partial charge in [-0.2, -0.15) is 0 Å². The molecule has 0 spiro atoms. The van der Waals surface area contributed by atoms with E-state index in [0.29, 0.717) is 24.6 Å². The second kappa shape index (κ2) is 5.34. The van der Waals surface area contributed by atoms with Crippen molar-refractivity contribution in [2.45, 2.75) is 13.3 Å². The van der Waals surface area contributed by atoms with Gasteiger partial charge in [-0.15, -0.1) is 0 Å². The van der Waals surface area contributed by atoms with Crippen LogP contribution in [0.5, 0.6) is 0 Å². The summed E-state index contributed by atoms with van der Waals surface area (Å²) in [4.78, 5) is 12.1. The number of hydrogen-bond acceptors (Lipinski definition) is 4. The summed E-state index contributed by atoms with van der Waals surface area (Å²) < 4.78 is 13.5. The Morgan fingerprint density at radius 3 is 2.88 bits per heavy atom. The molecule has 2 rings (SSSR count). The number of anilines is 1. The van der Waals surface area contributed by atoms with Crippen LogP contribution in [0.15, 0.2) is 30.6 Å². The summed E-state index contributed by atoms with van der Waals surface area (Å²) in [6.45, 7) is 2.64. The van der Waals surface area contributed by atoms with Crippen LogP contribution in [0.1, 0.15) is 18.3 Å². The number of nitrogens with zero attached hydrogens (tertiary/aromatic N) is 3. The number of rotatable bonds is 4. The van der Waals surface area contributed by atoms with E-state index in [9.17, 15) is 4.39 Å². The lowest BCUT2D eigenvalue weighted by Gasteiger charge is -2.05. The van der Waals surface area contributed by atoms with E-state index in [2.05, 4.69) is 20.3 Å².